The van der Waals surface area contributed by atoms with E-state index < -0.39 is 5.82 Å². The first-order valence-electron chi connectivity index (χ1n) is 10.7. The number of piperidine rings is 1. The molecule has 0 radical (unpaired) electrons. The number of nitrogens with zero attached hydrogens (tertiary/aromatic N) is 6. The summed E-state index contributed by atoms with van der Waals surface area (Å²) in [6.45, 7) is 6.24. The van der Waals surface area contributed by atoms with Crippen molar-refractivity contribution in [2.45, 2.75) is 51.7 Å². The minimum atomic E-state index is -0.462. The van der Waals surface area contributed by atoms with Gasteiger partial charge in [-0.05, 0) is 58.9 Å². The number of anilines is 4. The third-order valence-corrected chi connectivity index (χ3v) is 6.00. The SMILES string of the molecule is CON1N=C(C)N(c2cccc(Nc3ncc(F)c(NC4CC(C)N(C)C(C)C4)n3)c2)N1. The van der Waals surface area contributed by atoms with Gasteiger partial charge in [-0.2, -0.15) is 4.98 Å². The lowest BCUT2D eigenvalue weighted by Crippen LogP contribution is -2.48. The van der Waals surface area contributed by atoms with Crippen LogP contribution in [-0.2, 0) is 4.84 Å². The van der Waals surface area contributed by atoms with Crippen LogP contribution in [0, 0.1) is 5.82 Å². The lowest BCUT2D eigenvalue weighted by atomic mass is 9.93. The Hall–Kier alpha value is -3.02. The van der Waals surface area contributed by atoms with Crippen LogP contribution in [0.5, 0.6) is 0 Å². The molecular formula is C21H30FN9O. The smallest absolute Gasteiger partial charge is 0.229 e. The molecule has 0 saturated carbocycles. The summed E-state index contributed by atoms with van der Waals surface area (Å²) in [7, 11) is 3.65. The molecule has 1 aromatic heterocycles. The molecule has 11 heteroatoms. The van der Waals surface area contributed by atoms with E-state index >= 15 is 0 Å². The molecule has 172 valence electrons. The number of hydrazone groups is 1. The number of aromatic nitrogens is 2. The Morgan fingerprint density at radius 1 is 1.22 bits per heavy atom. The van der Waals surface area contributed by atoms with E-state index in [0.29, 0.717) is 18.0 Å². The van der Waals surface area contributed by atoms with Gasteiger partial charge in [0.25, 0.3) is 0 Å². The predicted molar refractivity (Wildman–Crippen MR) is 123 cm³/mol. The van der Waals surface area contributed by atoms with Crippen molar-refractivity contribution in [3.63, 3.8) is 0 Å². The monoisotopic (exact) mass is 443 g/mol. The zero-order valence-electron chi connectivity index (χ0n) is 19.0. The van der Waals surface area contributed by atoms with Crippen molar-refractivity contribution < 1.29 is 9.23 Å². The van der Waals surface area contributed by atoms with Crippen molar-refractivity contribution in [2.24, 2.45) is 5.10 Å². The fourth-order valence-corrected chi connectivity index (χ4v) is 4.06. The van der Waals surface area contributed by atoms with Crippen LogP contribution in [0.4, 0.5) is 27.5 Å². The molecular weight excluding hydrogens is 413 g/mol. The fourth-order valence-electron chi connectivity index (χ4n) is 4.06. The Bertz CT molecular complexity index is 975. The number of rotatable bonds is 6. The Morgan fingerprint density at radius 3 is 2.66 bits per heavy atom. The molecule has 1 aromatic carbocycles. The second kappa shape index (κ2) is 9.23. The van der Waals surface area contributed by atoms with E-state index in [4.69, 9.17) is 4.84 Å². The molecule has 3 heterocycles. The number of hydrogen-bond acceptors (Lipinski definition) is 10. The van der Waals surface area contributed by atoms with E-state index in [1.165, 1.54) is 18.6 Å². The van der Waals surface area contributed by atoms with E-state index in [2.05, 4.69) is 57.0 Å². The van der Waals surface area contributed by atoms with E-state index in [1.54, 1.807) is 5.01 Å². The number of halogens is 1. The third-order valence-electron chi connectivity index (χ3n) is 6.00. The first-order chi connectivity index (χ1) is 15.3. The Morgan fingerprint density at radius 2 is 1.97 bits per heavy atom. The van der Waals surface area contributed by atoms with Crippen LogP contribution >= 0.6 is 0 Å². The molecule has 0 aliphatic carbocycles. The summed E-state index contributed by atoms with van der Waals surface area (Å²) in [5, 5.41) is 13.7. The first-order valence-corrected chi connectivity index (χ1v) is 10.7. The molecule has 2 aliphatic heterocycles. The normalized spacial score (nSPS) is 23.9. The Balaban J connectivity index is 1.47. The van der Waals surface area contributed by atoms with Gasteiger partial charge in [-0.1, -0.05) is 16.9 Å². The summed E-state index contributed by atoms with van der Waals surface area (Å²) in [5.41, 5.74) is 4.58. The number of benzene rings is 1. The second-order valence-electron chi connectivity index (χ2n) is 8.28. The third kappa shape index (κ3) is 4.74. The van der Waals surface area contributed by atoms with Gasteiger partial charge in [-0.3, -0.25) is 0 Å². The molecule has 2 atom stereocenters. The standard InChI is InChI=1S/C21H30FN9O/c1-13-9-17(10-14(2)29(13)4)24-20-19(22)12-23-21(26-20)25-16-7-6-8-18(11-16)30-15(3)27-31(28-30)32-5/h6-8,11-14,17,28H,9-10H2,1-5H3,(H2,23,24,25,26). The molecule has 2 aliphatic rings. The van der Waals surface area contributed by atoms with E-state index in [1.807, 2.05) is 31.2 Å². The predicted octanol–water partition coefficient (Wildman–Crippen LogP) is 3.08. The van der Waals surface area contributed by atoms with Crippen molar-refractivity contribution in [1.29, 1.82) is 0 Å². The lowest BCUT2D eigenvalue weighted by molar-refractivity contribution is -0.162. The van der Waals surface area contributed by atoms with Crippen LogP contribution in [0.1, 0.15) is 33.6 Å². The van der Waals surface area contributed by atoms with Gasteiger partial charge >= 0.3 is 0 Å². The van der Waals surface area contributed by atoms with Gasteiger partial charge < -0.3 is 15.5 Å². The maximum Gasteiger partial charge on any atom is 0.229 e. The molecule has 32 heavy (non-hydrogen) atoms. The summed E-state index contributed by atoms with van der Waals surface area (Å²) in [4.78, 5) is 15.9. The highest BCUT2D eigenvalue weighted by Crippen LogP contribution is 2.26. The van der Waals surface area contributed by atoms with Gasteiger partial charge in [0.1, 0.15) is 5.84 Å². The first kappa shape index (κ1) is 22.2. The number of nitrogens with one attached hydrogen (secondary N) is 3. The van der Waals surface area contributed by atoms with Crippen molar-refractivity contribution in [3.05, 3.63) is 36.3 Å². The van der Waals surface area contributed by atoms with Crippen LogP contribution < -0.4 is 21.2 Å². The van der Waals surface area contributed by atoms with E-state index in [-0.39, 0.29) is 11.9 Å². The Kier molecular flexibility index (Phi) is 6.40. The van der Waals surface area contributed by atoms with Crippen molar-refractivity contribution in [1.82, 2.24) is 25.7 Å². The number of hydrogen-bond donors (Lipinski definition) is 3. The van der Waals surface area contributed by atoms with Gasteiger partial charge in [0.05, 0.1) is 19.0 Å². The highest BCUT2D eigenvalue weighted by atomic mass is 19.1. The zero-order chi connectivity index (χ0) is 22.8. The minimum absolute atomic E-state index is 0.156. The molecule has 2 aromatic rings. The topological polar surface area (TPSA) is 93.2 Å². The quantitative estimate of drug-likeness (QED) is 0.623. The van der Waals surface area contributed by atoms with E-state index in [9.17, 15) is 4.39 Å². The van der Waals surface area contributed by atoms with Crippen LogP contribution in [0.15, 0.2) is 35.6 Å². The van der Waals surface area contributed by atoms with Gasteiger partial charge in [-0.15, -0.1) is 5.10 Å². The summed E-state index contributed by atoms with van der Waals surface area (Å²) in [5.74, 6) is 0.789. The molecule has 4 rings (SSSR count). The molecule has 3 N–H and O–H groups in total. The molecule has 0 spiro atoms. The minimum Gasteiger partial charge on any atom is -0.365 e. The van der Waals surface area contributed by atoms with Crippen molar-refractivity contribution in [2.75, 3.05) is 29.8 Å². The largest absolute Gasteiger partial charge is 0.365 e. The summed E-state index contributed by atoms with van der Waals surface area (Å²) >= 11 is 0. The summed E-state index contributed by atoms with van der Waals surface area (Å²) in [6.07, 6.45) is 3.05. The summed E-state index contributed by atoms with van der Waals surface area (Å²) in [6, 6.07) is 8.61. The molecule has 10 nitrogen and oxygen atoms in total. The van der Waals surface area contributed by atoms with Crippen molar-refractivity contribution in [3.8, 4) is 0 Å². The van der Waals surface area contributed by atoms with Crippen LogP contribution in [0.3, 0.4) is 0 Å². The number of likely N-dealkylation sites (tertiary alicyclic amines) is 1. The molecule has 1 fully saturated rings. The highest BCUT2D eigenvalue weighted by Gasteiger charge is 2.29. The summed E-state index contributed by atoms with van der Waals surface area (Å²) < 4.78 is 14.4. The fraction of sp³-hybridized carbons (Fsp3) is 0.476. The van der Waals surface area contributed by atoms with E-state index in [0.717, 1.165) is 30.1 Å². The lowest BCUT2D eigenvalue weighted by Gasteiger charge is -2.40. The average molecular weight is 444 g/mol. The highest BCUT2D eigenvalue weighted by molar-refractivity contribution is 5.96. The number of hydrazine groups is 2. The maximum atomic E-state index is 14.4. The van der Waals surface area contributed by atoms with Crippen LogP contribution in [0.2, 0.25) is 0 Å². The molecule has 1 saturated heterocycles. The molecule has 2 unspecified atom stereocenters. The zero-order valence-corrected chi connectivity index (χ0v) is 19.0. The van der Waals surface area contributed by atoms with Crippen molar-refractivity contribution >= 4 is 29.0 Å². The maximum absolute atomic E-state index is 14.4. The molecule has 0 bridgehead atoms. The van der Waals surface area contributed by atoms with Gasteiger partial charge in [-0.25, -0.2) is 19.2 Å². The second-order valence-corrected chi connectivity index (χ2v) is 8.28. The van der Waals surface area contributed by atoms with Crippen LogP contribution in [-0.4, -0.2) is 58.3 Å². The van der Waals surface area contributed by atoms with Crippen LogP contribution in [0.25, 0.3) is 0 Å². The molecule has 0 amide bonds. The Labute approximate surface area is 187 Å². The number of amidine groups is 1. The average Bonchev–Trinajstić information content (AvgIpc) is 3.15. The van der Waals surface area contributed by atoms with Gasteiger partial charge in [0.2, 0.25) is 5.95 Å². The van der Waals surface area contributed by atoms with Gasteiger partial charge in [0, 0.05) is 23.8 Å². The van der Waals surface area contributed by atoms with Gasteiger partial charge in [0.15, 0.2) is 11.6 Å².